The lowest BCUT2D eigenvalue weighted by Gasteiger charge is -2.21. The van der Waals surface area contributed by atoms with E-state index in [1.54, 1.807) is 0 Å². The van der Waals surface area contributed by atoms with Gasteiger partial charge in [0, 0.05) is 25.7 Å². The fourth-order valence-electron chi connectivity index (χ4n) is 12.8. The maximum absolute atomic E-state index is 13.1. The molecule has 3 N–H and O–H groups in total. The standard InChI is InChI=1S/C82H160O17P2/c1-6-9-12-15-18-21-24-27-28-29-30-31-38-43-48-53-58-63-68-82(87)99-78(72-93-80(85)66-61-56-51-46-41-37-33-32-36-39-44-49-54-59-64-75(4)5)74-97-101(90,91)95-70-76(83)69-94-100(88,89)96-73-77(98-81(86)67-62-57-52-47-42-35-26-23-20-17-14-11-8-3)71-92-79(84)65-60-55-50-45-40-34-25-22-19-16-13-10-7-2/h75-78,83H,6-74H2,1-5H3,(H,88,89)(H,90,91)/t76-,77+,78+/m0/s1. The Hall–Kier alpha value is -1.94. The summed E-state index contributed by atoms with van der Waals surface area (Å²) < 4.78 is 68.8. The van der Waals surface area contributed by atoms with Gasteiger partial charge < -0.3 is 33.8 Å². The number of aliphatic hydroxyl groups is 1. The Morgan fingerprint density at radius 1 is 0.267 bits per heavy atom. The van der Waals surface area contributed by atoms with Crippen LogP contribution in [0.25, 0.3) is 0 Å². The van der Waals surface area contributed by atoms with Crippen LogP contribution in [0, 0.1) is 5.92 Å². The number of phosphoric ester groups is 2. The summed E-state index contributed by atoms with van der Waals surface area (Å²) in [4.78, 5) is 73.1. The minimum atomic E-state index is -4.96. The van der Waals surface area contributed by atoms with Crippen molar-refractivity contribution in [1.82, 2.24) is 0 Å². The molecule has 0 radical (unpaired) electrons. The Morgan fingerprint density at radius 3 is 0.673 bits per heavy atom. The minimum Gasteiger partial charge on any atom is -0.462 e. The van der Waals surface area contributed by atoms with Crippen LogP contribution in [-0.2, 0) is 65.4 Å². The van der Waals surface area contributed by atoms with Crippen LogP contribution in [0.4, 0.5) is 0 Å². The number of rotatable bonds is 82. The molecule has 0 aromatic carbocycles. The molecular formula is C82H160O17P2. The Morgan fingerprint density at radius 2 is 0.455 bits per heavy atom. The molecule has 2 unspecified atom stereocenters. The number of esters is 4. The molecule has 19 heteroatoms. The topological polar surface area (TPSA) is 237 Å². The SMILES string of the molecule is CCCCCCCCCCCCCCCCCCCCC(=O)O[C@H](COC(=O)CCCCCCCCCCCCCCCCC(C)C)COP(=O)(O)OC[C@@H](O)COP(=O)(O)OC[C@@H](COC(=O)CCCCCCCCCCCCCCC)OC(=O)CCCCCCCCCCCCCCC. The number of hydrogen-bond donors (Lipinski definition) is 3. The van der Waals surface area contributed by atoms with Gasteiger partial charge in [-0.15, -0.1) is 0 Å². The predicted molar refractivity (Wildman–Crippen MR) is 414 cm³/mol. The van der Waals surface area contributed by atoms with Crippen molar-refractivity contribution in [2.45, 2.75) is 457 Å². The third-order valence-electron chi connectivity index (χ3n) is 19.3. The van der Waals surface area contributed by atoms with Crippen molar-refractivity contribution >= 4 is 39.5 Å². The second-order valence-electron chi connectivity index (χ2n) is 30.0. The summed E-state index contributed by atoms with van der Waals surface area (Å²) in [6.07, 6.45) is 66.4. The summed E-state index contributed by atoms with van der Waals surface area (Å²) in [6, 6.07) is 0. The zero-order chi connectivity index (χ0) is 74.1. The fraction of sp³-hybridized carbons (Fsp3) is 0.951. The van der Waals surface area contributed by atoms with Gasteiger partial charge in [0.2, 0.25) is 0 Å². The van der Waals surface area contributed by atoms with E-state index >= 15 is 0 Å². The second kappa shape index (κ2) is 74.9. The van der Waals surface area contributed by atoms with E-state index in [2.05, 4.69) is 34.6 Å². The lowest BCUT2D eigenvalue weighted by Crippen LogP contribution is -2.30. The van der Waals surface area contributed by atoms with Crippen LogP contribution >= 0.6 is 15.6 Å². The molecule has 600 valence electrons. The van der Waals surface area contributed by atoms with Crippen molar-refractivity contribution in [3.8, 4) is 0 Å². The highest BCUT2D eigenvalue weighted by Gasteiger charge is 2.30. The van der Waals surface area contributed by atoms with Gasteiger partial charge in [0.05, 0.1) is 26.4 Å². The van der Waals surface area contributed by atoms with Crippen LogP contribution in [0.1, 0.15) is 439 Å². The monoisotopic (exact) mass is 1480 g/mol. The Bertz CT molecular complexity index is 1930. The van der Waals surface area contributed by atoms with Crippen LogP contribution in [0.15, 0.2) is 0 Å². The summed E-state index contributed by atoms with van der Waals surface area (Å²) in [6.45, 7) is 7.37. The number of carbonyl (C=O) groups excluding carboxylic acids is 4. The Balaban J connectivity index is 5.25. The van der Waals surface area contributed by atoms with E-state index in [4.69, 9.17) is 37.0 Å². The van der Waals surface area contributed by atoms with Gasteiger partial charge in [0.15, 0.2) is 12.2 Å². The lowest BCUT2D eigenvalue weighted by atomic mass is 10.0. The molecule has 0 aliphatic heterocycles. The van der Waals surface area contributed by atoms with Gasteiger partial charge in [-0.1, -0.05) is 388 Å². The van der Waals surface area contributed by atoms with E-state index in [0.717, 1.165) is 95.8 Å². The highest BCUT2D eigenvalue weighted by molar-refractivity contribution is 7.47. The fourth-order valence-corrected chi connectivity index (χ4v) is 14.3. The Kier molecular flexibility index (Phi) is 73.5. The number of aliphatic hydroxyl groups excluding tert-OH is 1. The van der Waals surface area contributed by atoms with Crippen LogP contribution in [0.5, 0.6) is 0 Å². The maximum atomic E-state index is 13.1. The molecular weight excluding hydrogens is 1320 g/mol. The minimum absolute atomic E-state index is 0.109. The van der Waals surface area contributed by atoms with E-state index in [9.17, 15) is 43.2 Å². The van der Waals surface area contributed by atoms with Gasteiger partial charge in [-0.2, -0.15) is 0 Å². The molecule has 0 aliphatic rings. The zero-order valence-electron chi connectivity index (χ0n) is 66.1. The predicted octanol–water partition coefficient (Wildman–Crippen LogP) is 24.8. The van der Waals surface area contributed by atoms with Gasteiger partial charge >= 0.3 is 39.5 Å². The molecule has 5 atom stereocenters. The number of phosphoric acid groups is 2. The van der Waals surface area contributed by atoms with Crippen molar-refractivity contribution in [2.24, 2.45) is 5.92 Å². The molecule has 0 saturated heterocycles. The first-order valence-electron chi connectivity index (χ1n) is 42.6. The molecule has 0 bridgehead atoms. The van der Waals surface area contributed by atoms with Crippen LogP contribution in [0.2, 0.25) is 0 Å². The molecule has 0 amide bonds. The van der Waals surface area contributed by atoms with E-state index in [0.29, 0.717) is 25.7 Å². The molecule has 0 aliphatic carbocycles. The molecule has 0 fully saturated rings. The van der Waals surface area contributed by atoms with E-state index in [1.165, 1.54) is 263 Å². The number of ether oxygens (including phenoxy) is 4. The van der Waals surface area contributed by atoms with E-state index in [1.807, 2.05) is 0 Å². The molecule has 0 saturated carbocycles. The molecule has 0 heterocycles. The zero-order valence-corrected chi connectivity index (χ0v) is 67.8. The number of carbonyl (C=O) groups is 4. The molecule has 0 rings (SSSR count). The third kappa shape index (κ3) is 76.1. The number of hydrogen-bond acceptors (Lipinski definition) is 15. The first-order valence-corrected chi connectivity index (χ1v) is 45.6. The van der Waals surface area contributed by atoms with Crippen molar-refractivity contribution in [3.05, 3.63) is 0 Å². The summed E-state index contributed by atoms with van der Waals surface area (Å²) in [5.74, 6) is -1.30. The highest BCUT2D eigenvalue weighted by Crippen LogP contribution is 2.45. The highest BCUT2D eigenvalue weighted by atomic mass is 31.2. The molecule has 17 nitrogen and oxygen atoms in total. The van der Waals surface area contributed by atoms with Crippen molar-refractivity contribution in [3.63, 3.8) is 0 Å². The third-order valence-corrected chi connectivity index (χ3v) is 21.2. The van der Waals surface area contributed by atoms with Crippen LogP contribution in [0.3, 0.4) is 0 Å². The summed E-state index contributed by atoms with van der Waals surface area (Å²) in [5, 5.41) is 10.7. The normalized spacial score (nSPS) is 13.8. The molecule has 0 aromatic rings. The quantitative estimate of drug-likeness (QED) is 0.0222. The van der Waals surface area contributed by atoms with Crippen molar-refractivity contribution in [1.29, 1.82) is 0 Å². The Labute approximate surface area is 619 Å². The van der Waals surface area contributed by atoms with E-state index in [-0.39, 0.29) is 25.7 Å². The lowest BCUT2D eigenvalue weighted by molar-refractivity contribution is -0.161. The van der Waals surface area contributed by atoms with Crippen LogP contribution in [-0.4, -0.2) is 96.7 Å². The average Bonchev–Trinajstić information content (AvgIpc) is 0.919. The van der Waals surface area contributed by atoms with E-state index < -0.39 is 97.5 Å². The molecule has 0 spiro atoms. The molecule has 101 heavy (non-hydrogen) atoms. The van der Waals surface area contributed by atoms with Crippen LogP contribution < -0.4 is 0 Å². The maximum Gasteiger partial charge on any atom is 0.472 e. The largest absolute Gasteiger partial charge is 0.472 e. The summed E-state index contributed by atoms with van der Waals surface area (Å²) in [5.41, 5.74) is 0. The van der Waals surface area contributed by atoms with Crippen molar-refractivity contribution in [2.75, 3.05) is 39.6 Å². The van der Waals surface area contributed by atoms with Gasteiger partial charge in [0.1, 0.15) is 19.3 Å². The molecule has 0 aromatic heterocycles. The summed E-state index contributed by atoms with van der Waals surface area (Å²) >= 11 is 0. The number of unbranched alkanes of at least 4 members (excludes halogenated alkanes) is 54. The van der Waals surface area contributed by atoms with Crippen molar-refractivity contribution < 1.29 is 80.2 Å². The average molecular weight is 1480 g/mol. The van der Waals surface area contributed by atoms with Gasteiger partial charge in [0.25, 0.3) is 0 Å². The summed E-state index contributed by atoms with van der Waals surface area (Å²) in [7, 11) is -9.92. The van der Waals surface area contributed by atoms with Gasteiger partial charge in [-0.3, -0.25) is 37.3 Å². The van der Waals surface area contributed by atoms with Gasteiger partial charge in [-0.25, -0.2) is 9.13 Å². The van der Waals surface area contributed by atoms with Gasteiger partial charge in [-0.05, 0) is 31.6 Å². The smallest absolute Gasteiger partial charge is 0.462 e. The first kappa shape index (κ1) is 99.1. The second-order valence-corrected chi connectivity index (χ2v) is 32.9. The first-order chi connectivity index (χ1) is 49.0.